The average molecular weight is 214 g/mol. The standard InChI is InChI=1S/C6H3Cl2F2NO/c7-1-3(9)2(8)6(12)5(11)4(1)10/h12H,11H2. The van der Waals surface area contributed by atoms with Gasteiger partial charge in [0.2, 0.25) is 0 Å². The van der Waals surface area contributed by atoms with Crippen molar-refractivity contribution in [1.29, 1.82) is 0 Å². The number of anilines is 1. The first kappa shape index (κ1) is 9.35. The molecule has 0 fully saturated rings. The van der Waals surface area contributed by atoms with Crippen molar-refractivity contribution in [3.8, 4) is 5.75 Å². The summed E-state index contributed by atoms with van der Waals surface area (Å²) in [6.07, 6.45) is 0. The largest absolute Gasteiger partial charge is 0.504 e. The number of phenols is 1. The number of nitrogens with two attached hydrogens (primary N) is 1. The quantitative estimate of drug-likeness (QED) is 0.301. The lowest BCUT2D eigenvalue weighted by atomic mass is 10.2. The molecule has 0 bridgehead atoms. The Balaban J connectivity index is 3.60. The van der Waals surface area contributed by atoms with Crippen LogP contribution in [0.1, 0.15) is 0 Å². The van der Waals surface area contributed by atoms with Gasteiger partial charge >= 0.3 is 0 Å². The predicted octanol–water partition coefficient (Wildman–Crippen LogP) is 2.56. The van der Waals surface area contributed by atoms with Crippen LogP contribution in [0.3, 0.4) is 0 Å². The molecule has 1 aromatic rings. The van der Waals surface area contributed by atoms with Crippen molar-refractivity contribution in [2.75, 3.05) is 5.73 Å². The summed E-state index contributed by atoms with van der Waals surface area (Å²) in [5.74, 6) is -3.27. The van der Waals surface area contributed by atoms with Crippen molar-refractivity contribution in [2.45, 2.75) is 0 Å². The van der Waals surface area contributed by atoms with Crippen molar-refractivity contribution in [3.63, 3.8) is 0 Å². The fraction of sp³-hybridized carbons (Fsp3) is 0. The van der Waals surface area contributed by atoms with Crippen LogP contribution in [0.25, 0.3) is 0 Å². The Kier molecular flexibility index (Phi) is 2.30. The third-order valence-electron chi connectivity index (χ3n) is 1.28. The minimum absolute atomic E-state index is 0.661. The Bertz CT molecular complexity index is 238. The Labute approximate surface area is 76.5 Å². The molecule has 0 saturated carbocycles. The zero-order valence-corrected chi connectivity index (χ0v) is 7.05. The molecule has 0 atom stereocenters. The first-order valence-corrected chi connectivity index (χ1v) is 3.52. The number of hydrogen-bond acceptors (Lipinski definition) is 2. The van der Waals surface area contributed by atoms with Gasteiger partial charge in [-0.25, -0.2) is 8.78 Å². The second-order valence-electron chi connectivity index (χ2n) is 2.02. The summed E-state index contributed by atoms with van der Waals surface area (Å²) in [5, 5.41) is 7.39. The highest BCUT2D eigenvalue weighted by Crippen LogP contribution is 2.38. The van der Waals surface area contributed by atoms with E-state index in [1.54, 1.807) is 0 Å². The van der Waals surface area contributed by atoms with Crippen LogP contribution in [-0.2, 0) is 0 Å². The first-order chi connectivity index (χ1) is 5.46. The minimum atomic E-state index is -1.22. The third-order valence-corrected chi connectivity index (χ3v) is 1.95. The summed E-state index contributed by atoms with van der Waals surface area (Å²) in [6, 6.07) is 0. The number of benzene rings is 1. The molecule has 0 spiro atoms. The van der Waals surface area contributed by atoms with Crippen molar-refractivity contribution < 1.29 is 13.9 Å². The van der Waals surface area contributed by atoms with Gasteiger partial charge in [0, 0.05) is 0 Å². The van der Waals surface area contributed by atoms with Gasteiger partial charge in [-0.1, -0.05) is 23.2 Å². The van der Waals surface area contributed by atoms with Crippen LogP contribution in [-0.4, -0.2) is 5.11 Å². The Morgan fingerprint density at radius 3 is 2.08 bits per heavy atom. The van der Waals surface area contributed by atoms with Crippen LogP contribution in [0.15, 0.2) is 0 Å². The average Bonchev–Trinajstić information content (AvgIpc) is 2.08. The molecule has 0 aromatic heterocycles. The van der Waals surface area contributed by atoms with Crippen LogP contribution in [0, 0.1) is 11.6 Å². The van der Waals surface area contributed by atoms with E-state index in [4.69, 9.17) is 34.0 Å². The monoisotopic (exact) mass is 213 g/mol. The molecule has 12 heavy (non-hydrogen) atoms. The van der Waals surface area contributed by atoms with E-state index < -0.39 is 33.1 Å². The van der Waals surface area contributed by atoms with Crippen LogP contribution in [0.2, 0.25) is 10.0 Å². The second-order valence-corrected chi connectivity index (χ2v) is 2.77. The number of rotatable bonds is 0. The van der Waals surface area contributed by atoms with Gasteiger partial charge < -0.3 is 10.8 Å². The van der Waals surface area contributed by atoms with Gasteiger partial charge in [-0.05, 0) is 0 Å². The van der Waals surface area contributed by atoms with Gasteiger partial charge in [-0.3, -0.25) is 0 Å². The second kappa shape index (κ2) is 2.95. The van der Waals surface area contributed by atoms with Crippen molar-refractivity contribution in [1.82, 2.24) is 0 Å². The lowest BCUT2D eigenvalue weighted by molar-refractivity contribution is 0.465. The van der Waals surface area contributed by atoms with E-state index in [1.807, 2.05) is 0 Å². The molecule has 3 N–H and O–H groups in total. The molecule has 0 amide bonds. The lowest BCUT2D eigenvalue weighted by Gasteiger charge is -2.05. The molecule has 0 aliphatic rings. The molecule has 0 heterocycles. The third kappa shape index (κ3) is 1.17. The summed E-state index contributed by atoms with van der Waals surface area (Å²) in [4.78, 5) is 0. The van der Waals surface area contributed by atoms with Gasteiger partial charge in [0.15, 0.2) is 17.4 Å². The molecule has 1 aromatic carbocycles. The van der Waals surface area contributed by atoms with Crippen LogP contribution >= 0.6 is 23.2 Å². The highest BCUT2D eigenvalue weighted by Gasteiger charge is 2.20. The SMILES string of the molecule is Nc1c(O)c(Cl)c(F)c(Cl)c1F. The first-order valence-electron chi connectivity index (χ1n) is 2.77. The van der Waals surface area contributed by atoms with Crippen LogP contribution < -0.4 is 5.73 Å². The van der Waals surface area contributed by atoms with Crippen LogP contribution in [0.5, 0.6) is 5.75 Å². The maximum atomic E-state index is 12.7. The smallest absolute Gasteiger partial charge is 0.171 e. The molecule has 0 aliphatic carbocycles. The van der Waals surface area contributed by atoms with Gasteiger partial charge in [0.05, 0.1) is 0 Å². The highest BCUT2D eigenvalue weighted by atomic mass is 35.5. The van der Waals surface area contributed by atoms with E-state index in [9.17, 15) is 8.78 Å². The highest BCUT2D eigenvalue weighted by molar-refractivity contribution is 6.36. The maximum Gasteiger partial charge on any atom is 0.171 e. The van der Waals surface area contributed by atoms with Gasteiger partial charge in [-0.15, -0.1) is 0 Å². The summed E-state index contributed by atoms with van der Waals surface area (Å²) >= 11 is 10.3. The van der Waals surface area contributed by atoms with Gasteiger partial charge in [0.1, 0.15) is 15.7 Å². The van der Waals surface area contributed by atoms with E-state index in [0.717, 1.165) is 0 Å². The molecular formula is C6H3Cl2F2NO. The van der Waals surface area contributed by atoms with E-state index in [2.05, 4.69) is 0 Å². The van der Waals surface area contributed by atoms with Crippen molar-refractivity contribution in [3.05, 3.63) is 21.7 Å². The summed E-state index contributed by atoms with van der Waals surface area (Å²) < 4.78 is 25.4. The molecule has 0 aliphatic heterocycles. The number of halogens is 4. The molecule has 1 rings (SSSR count). The fourth-order valence-electron chi connectivity index (χ4n) is 0.637. The molecule has 0 saturated heterocycles. The van der Waals surface area contributed by atoms with Crippen LogP contribution in [0.4, 0.5) is 14.5 Å². The molecule has 2 nitrogen and oxygen atoms in total. The van der Waals surface area contributed by atoms with Gasteiger partial charge in [0.25, 0.3) is 0 Å². The zero-order chi connectivity index (χ0) is 9.46. The van der Waals surface area contributed by atoms with E-state index in [0.29, 0.717) is 0 Å². The van der Waals surface area contributed by atoms with E-state index in [-0.39, 0.29) is 0 Å². The van der Waals surface area contributed by atoms with Gasteiger partial charge in [-0.2, -0.15) is 0 Å². The van der Waals surface area contributed by atoms with Crippen molar-refractivity contribution in [2.24, 2.45) is 0 Å². The summed E-state index contributed by atoms with van der Waals surface area (Å²) in [7, 11) is 0. The van der Waals surface area contributed by atoms with E-state index in [1.165, 1.54) is 0 Å². The summed E-state index contributed by atoms with van der Waals surface area (Å²) in [6.45, 7) is 0. The number of nitrogen functional groups attached to an aromatic ring is 1. The van der Waals surface area contributed by atoms with Crippen molar-refractivity contribution >= 4 is 28.9 Å². The Morgan fingerprint density at radius 2 is 1.58 bits per heavy atom. The molecule has 6 heteroatoms. The van der Waals surface area contributed by atoms with E-state index >= 15 is 0 Å². The maximum absolute atomic E-state index is 12.7. The number of aromatic hydroxyl groups is 1. The Morgan fingerprint density at radius 1 is 1.08 bits per heavy atom. The predicted molar refractivity (Wildman–Crippen MR) is 42.5 cm³/mol. The Hall–Kier alpha value is -0.740. The summed E-state index contributed by atoms with van der Waals surface area (Å²) in [5.41, 5.74) is 4.33. The molecular weight excluding hydrogens is 211 g/mol. The zero-order valence-electron chi connectivity index (χ0n) is 5.54. The number of hydrogen-bond donors (Lipinski definition) is 2. The molecule has 0 radical (unpaired) electrons. The molecule has 66 valence electrons. The topological polar surface area (TPSA) is 46.2 Å². The molecule has 0 unspecified atom stereocenters. The number of phenolic OH excluding ortho intramolecular Hbond substituents is 1. The fourth-order valence-corrected chi connectivity index (χ4v) is 1.08. The lowest BCUT2D eigenvalue weighted by Crippen LogP contribution is -1.95. The normalized spacial score (nSPS) is 10.3. The minimum Gasteiger partial charge on any atom is -0.504 e.